The van der Waals surface area contributed by atoms with E-state index in [2.05, 4.69) is 0 Å². The third-order valence-corrected chi connectivity index (χ3v) is 1.69. The normalized spacial score (nSPS) is 10.9. The topological polar surface area (TPSA) is 29.5 Å². The van der Waals surface area contributed by atoms with Gasteiger partial charge in [-0.1, -0.05) is 6.08 Å². The first kappa shape index (κ1) is 10.7. The van der Waals surface area contributed by atoms with E-state index in [0.717, 1.165) is 12.1 Å². The minimum absolute atomic E-state index is 0.00144. The van der Waals surface area contributed by atoms with Crippen molar-refractivity contribution in [2.24, 2.45) is 0 Å². The standard InChI is InChI=1S/C10H10F2O2/c1-14-10-7(3-2-6-13)8(11)4-5-9(10)12/h2-5,13H,6H2,1H3/b3-2-. The van der Waals surface area contributed by atoms with E-state index >= 15 is 0 Å². The maximum Gasteiger partial charge on any atom is 0.165 e. The summed E-state index contributed by atoms with van der Waals surface area (Å²) in [5.41, 5.74) is 0.00144. The molecule has 0 bridgehead atoms. The Morgan fingerprint density at radius 1 is 1.36 bits per heavy atom. The van der Waals surface area contributed by atoms with Crippen molar-refractivity contribution in [3.63, 3.8) is 0 Å². The van der Waals surface area contributed by atoms with Gasteiger partial charge in [-0.25, -0.2) is 8.78 Å². The van der Waals surface area contributed by atoms with Crippen LogP contribution in [0.4, 0.5) is 8.78 Å². The molecule has 0 heterocycles. The Morgan fingerprint density at radius 2 is 2.00 bits per heavy atom. The molecule has 0 saturated carbocycles. The number of halogens is 2. The van der Waals surface area contributed by atoms with Crippen LogP contribution in [-0.4, -0.2) is 18.8 Å². The molecule has 14 heavy (non-hydrogen) atoms. The van der Waals surface area contributed by atoms with Gasteiger partial charge in [0.05, 0.1) is 19.3 Å². The van der Waals surface area contributed by atoms with Crippen LogP contribution in [0.2, 0.25) is 0 Å². The van der Waals surface area contributed by atoms with Crippen molar-refractivity contribution in [1.29, 1.82) is 0 Å². The van der Waals surface area contributed by atoms with E-state index in [1.807, 2.05) is 0 Å². The number of aliphatic hydroxyl groups excluding tert-OH is 1. The highest BCUT2D eigenvalue weighted by molar-refractivity contribution is 5.58. The SMILES string of the molecule is COc1c(F)ccc(F)c1/C=C\CO. The number of methoxy groups -OCH3 is 1. The molecule has 0 unspecified atom stereocenters. The van der Waals surface area contributed by atoms with E-state index in [1.54, 1.807) is 0 Å². The lowest BCUT2D eigenvalue weighted by molar-refractivity contribution is 0.343. The lowest BCUT2D eigenvalue weighted by Gasteiger charge is -2.06. The summed E-state index contributed by atoms with van der Waals surface area (Å²) in [5.74, 6) is -1.38. The first-order valence-corrected chi connectivity index (χ1v) is 4.00. The van der Waals surface area contributed by atoms with Gasteiger partial charge in [-0.3, -0.25) is 0 Å². The number of rotatable bonds is 3. The molecule has 0 radical (unpaired) electrons. The van der Waals surface area contributed by atoms with Gasteiger partial charge in [-0.2, -0.15) is 0 Å². The molecule has 1 N–H and O–H groups in total. The van der Waals surface area contributed by atoms with Crippen LogP contribution in [-0.2, 0) is 0 Å². The number of aliphatic hydroxyl groups is 1. The lowest BCUT2D eigenvalue weighted by Crippen LogP contribution is -1.94. The molecule has 1 rings (SSSR count). The van der Waals surface area contributed by atoms with Crippen molar-refractivity contribution in [1.82, 2.24) is 0 Å². The molecule has 0 saturated heterocycles. The number of benzene rings is 1. The molecule has 4 heteroatoms. The summed E-state index contributed by atoms with van der Waals surface area (Å²) < 4.78 is 30.9. The smallest absolute Gasteiger partial charge is 0.165 e. The second-order valence-electron chi connectivity index (χ2n) is 2.56. The first-order chi connectivity index (χ1) is 6.70. The molecule has 1 aromatic carbocycles. The van der Waals surface area contributed by atoms with E-state index in [4.69, 9.17) is 9.84 Å². The zero-order valence-corrected chi connectivity index (χ0v) is 7.63. The molecule has 0 aliphatic carbocycles. The van der Waals surface area contributed by atoms with Crippen LogP contribution in [0.3, 0.4) is 0 Å². The average molecular weight is 200 g/mol. The molecule has 0 aliphatic rings. The number of hydrogen-bond donors (Lipinski definition) is 1. The predicted octanol–water partition coefficient (Wildman–Crippen LogP) is 1.98. The molecule has 76 valence electrons. The monoisotopic (exact) mass is 200 g/mol. The molecule has 0 spiro atoms. The summed E-state index contributed by atoms with van der Waals surface area (Å²) >= 11 is 0. The zero-order chi connectivity index (χ0) is 10.6. The van der Waals surface area contributed by atoms with Gasteiger partial charge in [-0.05, 0) is 18.2 Å². The van der Waals surface area contributed by atoms with Gasteiger partial charge in [0.25, 0.3) is 0 Å². The van der Waals surface area contributed by atoms with Crippen LogP contribution < -0.4 is 4.74 Å². The molecule has 0 fully saturated rings. The highest BCUT2D eigenvalue weighted by Gasteiger charge is 2.11. The van der Waals surface area contributed by atoms with E-state index in [1.165, 1.54) is 19.3 Å². The molecular weight excluding hydrogens is 190 g/mol. The van der Waals surface area contributed by atoms with Crippen molar-refractivity contribution >= 4 is 6.08 Å². The van der Waals surface area contributed by atoms with Crippen molar-refractivity contribution < 1.29 is 18.6 Å². The van der Waals surface area contributed by atoms with Crippen LogP contribution in [0.15, 0.2) is 18.2 Å². The Labute approximate surface area is 80.4 Å². The van der Waals surface area contributed by atoms with Gasteiger partial charge in [0.1, 0.15) is 5.82 Å². The Kier molecular flexibility index (Phi) is 3.59. The molecule has 0 aromatic heterocycles. The van der Waals surface area contributed by atoms with E-state index in [-0.39, 0.29) is 17.9 Å². The summed E-state index contributed by atoms with van der Waals surface area (Å²) in [6, 6.07) is 2.00. The van der Waals surface area contributed by atoms with Crippen molar-refractivity contribution in [2.75, 3.05) is 13.7 Å². The first-order valence-electron chi connectivity index (χ1n) is 4.00. The van der Waals surface area contributed by atoms with Gasteiger partial charge < -0.3 is 9.84 Å². The Bertz CT molecular complexity index is 348. The summed E-state index contributed by atoms with van der Waals surface area (Å²) in [6.45, 7) is -0.237. The third-order valence-electron chi connectivity index (χ3n) is 1.69. The van der Waals surface area contributed by atoms with E-state index in [9.17, 15) is 8.78 Å². The fourth-order valence-corrected chi connectivity index (χ4v) is 1.08. The molecule has 1 aromatic rings. The fourth-order valence-electron chi connectivity index (χ4n) is 1.08. The highest BCUT2D eigenvalue weighted by Crippen LogP contribution is 2.26. The quantitative estimate of drug-likeness (QED) is 0.808. The summed E-state index contributed by atoms with van der Waals surface area (Å²) in [7, 11) is 1.26. The van der Waals surface area contributed by atoms with Crippen LogP contribution in [0.1, 0.15) is 5.56 Å². The lowest BCUT2D eigenvalue weighted by atomic mass is 10.1. The summed E-state index contributed by atoms with van der Waals surface area (Å²) in [4.78, 5) is 0. The molecular formula is C10H10F2O2. The van der Waals surface area contributed by atoms with Gasteiger partial charge in [-0.15, -0.1) is 0 Å². The van der Waals surface area contributed by atoms with Crippen molar-refractivity contribution in [3.05, 3.63) is 35.4 Å². The van der Waals surface area contributed by atoms with Crippen molar-refractivity contribution in [3.8, 4) is 5.75 Å². The third kappa shape index (κ3) is 2.09. The fraction of sp³-hybridized carbons (Fsp3) is 0.200. The Morgan fingerprint density at radius 3 is 2.57 bits per heavy atom. The number of hydrogen-bond acceptors (Lipinski definition) is 2. The summed E-state index contributed by atoms with van der Waals surface area (Å²) in [6.07, 6.45) is 2.58. The average Bonchev–Trinajstić information content (AvgIpc) is 2.19. The highest BCUT2D eigenvalue weighted by atomic mass is 19.1. The largest absolute Gasteiger partial charge is 0.493 e. The maximum atomic E-state index is 13.2. The van der Waals surface area contributed by atoms with Gasteiger partial charge >= 0.3 is 0 Å². The van der Waals surface area contributed by atoms with E-state index < -0.39 is 11.6 Å². The Hall–Kier alpha value is -1.42. The second kappa shape index (κ2) is 4.72. The maximum absolute atomic E-state index is 13.2. The second-order valence-corrected chi connectivity index (χ2v) is 2.56. The number of ether oxygens (including phenoxy) is 1. The minimum Gasteiger partial charge on any atom is -0.493 e. The molecule has 0 atom stereocenters. The van der Waals surface area contributed by atoms with Crippen LogP contribution in [0.5, 0.6) is 5.75 Å². The molecule has 0 amide bonds. The van der Waals surface area contributed by atoms with Gasteiger partial charge in [0.2, 0.25) is 0 Å². The van der Waals surface area contributed by atoms with Crippen molar-refractivity contribution in [2.45, 2.75) is 0 Å². The van der Waals surface area contributed by atoms with Gasteiger partial charge in [0, 0.05) is 0 Å². The van der Waals surface area contributed by atoms with Crippen LogP contribution >= 0.6 is 0 Å². The van der Waals surface area contributed by atoms with Gasteiger partial charge in [0.15, 0.2) is 11.6 Å². The Balaban J connectivity index is 3.22. The predicted molar refractivity (Wildman–Crippen MR) is 49.0 cm³/mol. The minimum atomic E-state index is -0.633. The zero-order valence-electron chi connectivity index (χ0n) is 7.63. The van der Waals surface area contributed by atoms with Crippen LogP contribution in [0, 0.1) is 11.6 Å². The summed E-state index contributed by atoms with van der Waals surface area (Å²) in [5, 5.41) is 8.51. The van der Waals surface area contributed by atoms with E-state index in [0.29, 0.717) is 0 Å². The molecule has 2 nitrogen and oxygen atoms in total. The van der Waals surface area contributed by atoms with Crippen LogP contribution in [0.25, 0.3) is 6.08 Å². The molecule has 0 aliphatic heterocycles.